The second-order valence-corrected chi connectivity index (χ2v) is 25.0. The number of hydrogen-bond donors (Lipinski definition) is 0. The van der Waals surface area contributed by atoms with Gasteiger partial charge in [0, 0.05) is 127 Å². The number of halogens is 2. The molecule has 16 rings (SSSR count). The summed E-state index contributed by atoms with van der Waals surface area (Å²) in [6.07, 6.45) is 18.5. The number of benzene rings is 8. The molecule has 0 radical (unpaired) electrons. The smallest absolute Gasteiger partial charge is 0.262 e. The Morgan fingerprint density at radius 1 is 0.298 bits per heavy atom. The summed E-state index contributed by atoms with van der Waals surface area (Å²) in [6.45, 7) is 5.19. The van der Waals surface area contributed by atoms with Gasteiger partial charge in [0.05, 0.1) is 55.4 Å². The molecule has 8 amide bonds. The van der Waals surface area contributed by atoms with E-state index in [9.17, 15) is 38.4 Å². The van der Waals surface area contributed by atoms with Gasteiger partial charge < -0.3 is 0 Å². The molecule has 18 heteroatoms. The molecule has 0 unspecified atom stereocenters. The fraction of sp³-hybridized carbons (Fsp3) is 0.263. The van der Waals surface area contributed by atoms with Crippen molar-refractivity contribution >= 4 is 134 Å². The van der Waals surface area contributed by atoms with Crippen LogP contribution in [0.5, 0.6) is 0 Å². The Bertz CT molecular complexity index is 4810. The molecule has 0 N–H and O–H groups in total. The highest BCUT2D eigenvalue weighted by Crippen LogP contribution is 2.48. The van der Waals surface area contributed by atoms with Crippen molar-refractivity contribution in [1.29, 1.82) is 0 Å². The van der Waals surface area contributed by atoms with Gasteiger partial charge in [0.1, 0.15) is 11.6 Å². The Kier molecular flexibility index (Phi) is 15.1. The molecule has 0 atom stereocenters. The van der Waals surface area contributed by atoms with Gasteiger partial charge >= 0.3 is 0 Å². The predicted molar refractivity (Wildman–Crippen MR) is 355 cm³/mol. The van der Waals surface area contributed by atoms with Crippen LogP contribution >= 0.6 is 0 Å². The highest BCUT2D eigenvalue weighted by atomic mass is 19.1. The zero-order chi connectivity index (χ0) is 64.8. The summed E-state index contributed by atoms with van der Waals surface area (Å²) in [4.78, 5) is 133. The summed E-state index contributed by atoms with van der Waals surface area (Å²) in [5, 5.41) is 4.52. The van der Waals surface area contributed by atoms with Gasteiger partial charge in [-0.2, -0.15) is 0 Å². The molecular weight excluding hydrogens is 1190 g/mol. The maximum Gasteiger partial charge on any atom is 0.262 e. The van der Waals surface area contributed by atoms with Crippen molar-refractivity contribution in [2.45, 2.75) is 104 Å². The second kappa shape index (κ2) is 23.8. The van der Waals surface area contributed by atoms with Crippen molar-refractivity contribution in [3.63, 3.8) is 0 Å². The highest BCUT2D eigenvalue weighted by molar-refractivity contribution is 6.42. The summed E-state index contributed by atoms with van der Waals surface area (Å²) < 4.78 is 32.6. The lowest BCUT2D eigenvalue weighted by Crippen LogP contribution is -2.41. The maximum atomic E-state index is 16.3. The molecule has 4 aromatic heterocycles. The van der Waals surface area contributed by atoms with E-state index in [-0.39, 0.29) is 115 Å². The number of unbranched alkanes of at least 4 members (excludes halogenated alkanes) is 10. The number of imide groups is 4. The largest absolute Gasteiger partial charge is 0.274 e. The summed E-state index contributed by atoms with van der Waals surface area (Å²) in [6, 6.07) is 28.9. The van der Waals surface area contributed by atoms with Crippen LogP contribution in [0.3, 0.4) is 0 Å². The van der Waals surface area contributed by atoms with Crippen molar-refractivity contribution in [2.75, 3.05) is 26.2 Å². The first kappa shape index (κ1) is 59.7. The SMILES string of the molecule is CCCCCCCCN1C(=O)c2cnc3c4c(F)cc5c6c(cnc(c7c(F)cc(c2c37)C1=O)c64)C(=O)N(CCCCCCCC)C5=O.O=C1c2ccc3c4ncc5c6c(ccc(c7ncc(c2c37)C(=O)N1CCc1ccccc1)c64)C(=O)N(CCc1ccccc1)C5=O. The molecule has 468 valence electrons. The van der Waals surface area contributed by atoms with Crippen LogP contribution in [-0.4, -0.2) is 113 Å². The zero-order valence-corrected chi connectivity index (χ0v) is 51.9. The molecule has 0 fully saturated rings. The third kappa shape index (κ3) is 9.33. The minimum atomic E-state index is -0.780. The molecule has 12 aromatic rings. The van der Waals surface area contributed by atoms with Gasteiger partial charge in [-0.15, -0.1) is 0 Å². The van der Waals surface area contributed by atoms with E-state index in [0.717, 1.165) is 97.3 Å². The van der Waals surface area contributed by atoms with E-state index in [4.69, 9.17) is 9.97 Å². The van der Waals surface area contributed by atoms with Crippen LogP contribution in [0.25, 0.3) is 86.7 Å². The molecule has 0 spiro atoms. The Morgan fingerprint density at radius 2 is 0.606 bits per heavy atom. The second-order valence-electron chi connectivity index (χ2n) is 25.0. The third-order valence-electron chi connectivity index (χ3n) is 19.5. The summed E-state index contributed by atoms with van der Waals surface area (Å²) >= 11 is 0. The molecule has 4 aliphatic rings. The number of aromatic nitrogens is 4. The van der Waals surface area contributed by atoms with Crippen LogP contribution in [0.2, 0.25) is 0 Å². The Labute approximate surface area is 537 Å². The van der Waals surface area contributed by atoms with Crippen LogP contribution in [0, 0.1) is 11.6 Å². The van der Waals surface area contributed by atoms with E-state index in [1.54, 1.807) is 24.5 Å². The van der Waals surface area contributed by atoms with Gasteiger partial charge in [-0.1, -0.05) is 151 Å². The number of carbonyl (C=O) groups is 8. The number of amides is 8. The summed E-state index contributed by atoms with van der Waals surface area (Å²) in [5.41, 5.74) is 5.29. The minimum Gasteiger partial charge on any atom is -0.274 e. The van der Waals surface area contributed by atoms with Crippen molar-refractivity contribution in [1.82, 2.24) is 39.5 Å². The minimum absolute atomic E-state index is 0.0145. The maximum absolute atomic E-state index is 16.3. The molecule has 4 aliphatic heterocycles. The monoisotopic (exact) mass is 1250 g/mol. The van der Waals surface area contributed by atoms with E-state index < -0.39 is 35.3 Å². The van der Waals surface area contributed by atoms with Gasteiger partial charge in [0.25, 0.3) is 47.3 Å². The van der Waals surface area contributed by atoms with Crippen molar-refractivity contribution < 1.29 is 47.1 Å². The zero-order valence-electron chi connectivity index (χ0n) is 51.9. The Hall–Kier alpha value is -10.6. The van der Waals surface area contributed by atoms with Crippen LogP contribution in [0.4, 0.5) is 8.78 Å². The third-order valence-corrected chi connectivity index (χ3v) is 19.5. The molecule has 0 aliphatic carbocycles. The lowest BCUT2D eigenvalue weighted by Gasteiger charge is -2.30. The first-order chi connectivity index (χ1) is 45.8. The normalized spacial score (nSPS) is 14.6. The highest BCUT2D eigenvalue weighted by Gasteiger charge is 2.41. The molecule has 8 aromatic carbocycles. The van der Waals surface area contributed by atoms with E-state index in [1.807, 2.05) is 72.8 Å². The lowest BCUT2D eigenvalue weighted by molar-refractivity contribution is 0.0591. The van der Waals surface area contributed by atoms with Gasteiger partial charge in [0.2, 0.25) is 0 Å². The van der Waals surface area contributed by atoms with Crippen LogP contribution < -0.4 is 0 Å². The van der Waals surface area contributed by atoms with E-state index in [0.29, 0.717) is 91.3 Å². The molecule has 0 saturated carbocycles. The fourth-order valence-electron chi connectivity index (χ4n) is 14.8. The van der Waals surface area contributed by atoms with E-state index in [2.05, 4.69) is 23.8 Å². The van der Waals surface area contributed by atoms with Gasteiger partial charge in [0.15, 0.2) is 0 Å². The fourth-order valence-corrected chi connectivity index (χ4v) is 14.8. The molecule has 16 nitrogen and oxygen atoms in total. The predicted octanol–water partition coefficient (Wildman–Crippen LogP) is 14.9. The lowest BCUT2D eigenvalue weighted by atomic mass is 9.85. The van der Waals surface area contributed by atoms with Crippen LogP contribution in [-0.2, 0) is 12.8 Å². The van der Waals surface area contributed by atoms with Gasteiger partial charge in [-0.05, 0) is 61.1 Å². The van der Waals surface area contributed by atoms with E-state index in [1.165, 1.54) is 22.2 Å². The van der Waals surface area contributed by atoms with Crippen molar-refractivity contribution in [3.05, 3.63) is 189 Å². The molecular formula is C76H62F2N8O8. The first-order valence-corrected chi connectivity index (χ1v) is 32.6. The van der Waals surface area contributed by atoms with Gasteiger partial charge in [-0.25, -0.2) is 8.78 Å². The van der Waals surface area contributed by atoms with Gasteiger partial charge in [-0.3, -0.25) is 77.9 Å². The molecule has 0 bridgehead atoms. The van der Waals surface area contributed by atoms with Crippen LogP contribution in [0.15, 0.2) is 122 Å². The number of carbonyl (C=O) groups excluding carboxylic acids is 8. The quantitative estimate of drug-likeness (QED) is 0.0303. The topological polar surface area (TPSA) is 201 Å². The van der Waals surface area contributed by atoms with E-state index >= 15 is 8.78 Å². The summed E-state index contributed by atoms with van der Waals surface area (Å²) in [5.74, 6) is -5.24. The number of hydrogen-bond acceptors (Lipinski definition) is 12. The number of fused-ring (bicyclic) bond motifs is 4. The number of rotatable bonds is 20. The molecule has 94 heavy (non-hydrogen) atoms. The molecule has 0 saturated heterocycles. The number of nitrogens with zero attached hydrogens (tertiary/aromatic N) is 8. The summed E-state index contributed by atoms with van der Waals surface area (Å²) in [7, 11) is 0. The Morgan fingerprint density at radius 3 is 0.979 bits per heavy atom. The molecule has 8 heterocycles. The number of pyridine rings is 4. The Balaban J connectivity index is 0.000000155. The van der Waals surface area contributed by atoms with Crippen LogP contribution in [0.1, 0.15) is 185 Å². The standard InChI is InChI=1S/C38H38F2N4O4.C38H24N4O4/c1-3-5-7-9-11-13-15-43-35(45)21-17-25(39)29-31-27(21)23(37(43)47)19-41-33(31)30-26(40)18-22-28-24(20-42-34(29)32(28)30)38(48)44(36(22)46)16-14-12-10-8-6-4-2;43-35-25-13-11-23-31-29(25)27(37(45)41(35)17-15-21-7-3-1-4-8-21)19-39-33(31)24-12-14-26-30-28(20-40-34(23)32(24)30)38(46)42(36(26)44)18-16-22-9-5-2-6-10-22/h17-20H,3-16H2,1-2H3;1-14,19-20H,15-18H2. The average Bonchev–Trinajstić information content (AvgIpc) is 0.694. The average molecular weight is 1250 g/mol. The van der Waals surface area contributed by atoms with Crippen molar-refractivity contribution in [3.8, 4) is 0 Å². The first-order valence-electron chi connectivity index (χ1n) is 32.6. The van der Waals surface area contributed by atoms with Crippen molar-refractivity contribution in [2.24, 2.45) is 0 Å².